The van der Waals surface area contributed by atoms with Crippen molar-refractivity contribution < 1.29 is 23.1 Å². The number of piperazine rings is 1. The maximum atomic E-state index is 12.6. The van der Waals surface area contributed by atoms with Gasteiger partial charge >= 0.3 is 5.97 Å². The predicted molar refractivity (Wildman–Crippen MR) is 88.5 cm³/mol. The maximum Gasteiger partial charge on any atom is 0.336 e. The summed E-state index contributed by atoms with van der Waals surface area (Å²) in [5.41, 5.74) is 0.0353. The summed E-state index contributed by atoms with van der Waals surface area (Å²) in [6, 6.07) is 1.19. The van der Waals surface area contributed by atoms with Crippen molar-refractivity contribution in [2.24, 2.45) is 11.3 Å². The molecule has 2 fully saturated rings. The van der Waals surface area contributed by atoms with Crippen LogP contribution in [0.2, 0.25) is 0 Å². The van der Waals surface area contributed by atoms with Crippen molar-refractivity contribution in [3.63, 3.8) is 0 Å². The summed E-state index contributed by atoms with van der Waals surface area (Å²) in [6.45, 7) is 5.35. The molecular formula is C15H20N2O5S2. The summed E-state index contributed by atoms with van der Waals surface area (Å²) < 4.78 is 26.5. The molecule has 1 aromatic heterocycles. The van der Waals surface area contributed by atoms with Crippen LogP contribution in [0.15, 0.2) is 15.7 Å². The molecule has 1 atom stereocenters. The molecule has 7 nitrogen and oxygen atoms in total. The molecule has 1 unspecified atom stereocenters. The third kappa shape index (κ3) is 3.07. The minimum absolute atomic E-state index is 0.0247. The second-order valence-electron chi connectivity index (χ2n) is 6.93. The van der Waals surface area contributed by atoms with Crippen molar-refractivity contribution >= 4 is 33.2 Å². The van der Waals surface area contributed by atoms with Crippen molar-refractivity contribution in [1.29, 1.82) is 0 Å². The van der Waals surface area contributed by atoms with Gasteiger partial charge in [0, 0.05) is 37.5 Å². The Labute approximate surface area is 144 Å². The average Bonchev–Trinajstić information content (AvgIpc) is 2.96. The quantitative estimate of drug-likeness (QED) is 0.860. The van der Waals surface area contributed by atoms with Crippen LogP contribution in [0, 0.1) is 11.3 Å². The Bertz CT molecular complexity index is 776. The number of carboxylic acids is 1. The molecule has 24 heavy (non-hydrogen) atoms. The molecule has 0 bridgehead atoms. The highest BCUT2D eigenvalue weighted by molar-refractivity contribution is 7.91. The first-order chi connectivity index (χ1) is 11.1. The minimum Gasteiger partial charge on any atom is -0.478 e. The van der Waals surface area contributed by atoms with Gasteiger partial charge < -0.3 is 10.0 Å². The van der Waals surface area contributed by atoms with Crippen molar-refractivity contribution in [2.45, 2.75) is 24.5 Å². The van der Waals surface area contributed by atoms with Gasteiger partial charge in [0.2, 0.25) is 5.91 Å². The summed E-state index contributed by atoms with van der Waals surface area (Å²) in [5.74, 6) is -0.979. The minimum atomic E-state index is -3.70. The van der Waals surface area contributed by atoms with Crippen LogP contribution in [0.3, 0.4) is 0 Å². The monoisotopic (exact) mass is 372 g/mol. The van der Waals surface area contributed by atoms with Crippen LogP contribution < -0.4 is 0 Å². The fourth-order valence-corrected chi connectivity index (χ4v) is 5.68. The standard InChI is InChI=1S/C15H20N2O5S2/c1-15(2)8-11(15)13(18)16-3-5-17(6-4-16)24(21,22)12-7-10(9-23-12)14(19)20/h7,9,11H,3-6,8H2,1-2H3,(H,19,20). The molecule has 0 spiro atoms. The molecule has 0 aromatic carbocycles. The third-order valence-electron chi connectivity index (χ3n) is 4.78. The van der Waals surface area contributed by atoms with Crippen LogP contribution >= 0.6 is 11.3 Å². The van der Waals surface area contributed by atoms with Gasteiger partial charge in [0.1, 0.15) is 4.21 Å². The van der Waals surface area contributed by atoms with E-state index in [0.29, 0.717) is 13.1 Å². The first kappa shape index (κ1) is 17.4. The Morgan fingerprint density at radius 3 is 2.29 bits per heavy atom. The van der Waals surface area contributed by atoms with Crippen molar-refractivity contribution in [1.82, 2.24) is 9.21 Å². The molecule has 1 aromatic rings. The van der Waals surface area contributed by atoms with Gasteiger partial charge in [-0.2, -0.15) is 4.31 Å². The first-order valence-electron chi connectivity index (χ1n) is 7.74. The summed E-state index contributed by atoms with van der Waals surface area (Å²) in [4.78, 5) is 25.0. The van der Waals surface area contributed by atoms with E-state index < -0.39 is 16.0 Å². The van der Waals surface area contributed by atoms with Gasteiger partial charge in [-0.05, 0) is 17.9 Å². The van der Waals surface area contributed by atoms with E-state index in [2.05, 4.69) is 13.8 Å². The lowest BCUT2D eigenvalue weighted by Gasteiger charge is -2.34. The van der Waals surface area contributed by atoms with Gasteiger partial charge in [-0.25, -0.2) is 13.2 Å². The number of nitrogens with zero attached hydrogens (tertiary/aromatic N) is 2. The van der Waals surface area contributed by atoms with E-state index in [9.17, 15) is 18.0 Å². The molecule has 3 rings (SSSR count). The zero-order chi connectivity index (χ0) is 17.7. The number of aromatic carboxylic acids is 1. The molecule has 1 N–H and O–H groups in total. The van der Waals surface area contributed by atoms with E-state index in [1.807, 2.05) is 0 Å². The zero-order valence-electron chi connectivity index (χ0n) is 13.6. The largest absolute Gasteiger partial charge is 0.478 e. The predicted octanol–water partition coefficient (Wildman–Crippen LogP) is 1.33. The summed E-state index contributed by atoms with van der Waals surface area (Å²) >= 11 is 0.909. The van der Waals surface area contributed by atoms with Crippen LogP contribution in [-0.4, -0.2) is 60.8 Å². The topological polar surface area (TPSA) is 95.0 Å². The smallest absolute Gasteiger partial charge is 0.336 e. The number of thiophene rings is 1. The summed E-state index contributed by atoms with van der Waals surface area (Å²) in [5, 5.41) is 10.2. The fourth-order valence-electron chi connectivity index (χ4n) is 2.95. The maximum absolute atomic E-state index is 12.6. The van der Waals surface area contributed by atoms with E-state index >= 15 is 0 Å². The lowest BCUT2D eigenvalue weighted by molar-refractivity contribution is -0.134. The van der Waals surface area contributed by atoms with Gasteiger partial charge in [-0.15, -0.1) is 11.3 Å². The van der Waals surface area contributed by atoms with Crippen LogP contribution in [0.25, 0.3) is 0 Å². The van der Waals surface area contributed by atoms with Crippen molar-refractivity contribution in [3.8, 4) is 0 Å². The number of rotatable bonds is 4. The molecule has 2 heterocycles. The van der Waals surface area contributed by atoms with Crippen LogP contribution in [-0.2, 0) is 14.8 Å². The summed E-state index contributed by atoms with van der Waals surface area (Å²) in [7, 11) is -3.70. The molecule has 132 valence electrons. The molecule has 1 aliphatic carbocycles. The van der Waals surface area contributed by atoms with Crippen molar-refractivity contribution in [2.75, 3.05) is 26.2 Å². The van der Waals surface area contributed by atoms with Gasteiger partial charge in [-0.3, -0.25) is 4.79 Å². The van der Waals surface area contributed by atoms with Crippen molar-refractivity contribution in [3.05, 3.63) is 17.0 Å². The second-order valence-corrected chi connectivity index (χ2v) is 10.0. The van der Waals surface area contributed by atoms with Crippen LogP contribution in [0.4, 0.5) is 0 Å². The number of sulfonamides is 1. The van der Waals surface area contributed by atoms with Gasteiger partial charge in [0.05, 0.1) is 5.56 Å². The first-order valence-corrected chi connectivity index (χ1v) is 10.1. The molecular weight excluding hydrogens is 352 g/mol. The van der Waals surface area contributed by atoms with Crippen LogP contribution in [0.5, 0.6) is 0 Å². The van der Waals surface area contributed by atoms with E-state index in [4.69, 9.17) is 5.11 Å². The molecule has 1 aliphatic heterocycles. The Morgan fingerprint density at radius 1 is 1.25 bits per heavy atom. The highest BCUT2D eigenvalue weighted by Gasteiger charge is 2.52. The molecule has 1 amide bonds. The number of carbonyl (C=O) groups is 2. The number of carbonyl (C=O) groups excluding carboxylic acids is 1. The van der Waals surface area contributed by atoms with E-state index in [-0.39, 0.29) is 40.1 Å². The SMILES string of the molecule is CC1(C)CC1C(=O)N1CCN(S(=O)(=O)c2cc(C(=O)O)cs2)CC1. The lowest BCUT2D eigenvalue weighted by atomic mass is 10.1. The number of hydrogen-bond donors (Lipinski definition) is 1. The summed E-state index contributed by atoms with van der Waals surface area (Å²) in [6.07, 6.45) is 0.886. The zero-order valence-corrected chi connectivity index (χ0v) is 15.2. The molecule has 0 radical (unpaired) electrons. The van der Waals surface area contributed by atoms with Crippen LogP contribution in [0.1, 0.15) is 30.6 Å². The van der Waals surface area contributed by atoms with Gasteiger partial charge in [0.15, 0.2) is 0 Å². The Hall–Kier alpha value is -1.45. The second kappa shape index (κ2) is 5.82. The van der Waals surface area contributed by atoms with E-state index in [1.54, 1.807) is 4.90 Å². The van der Waals surface area contributed by atoms with Gasteiger partial charge in [0.25, 0.3) is 10.0 Å². The fraction of sp³-hybridized carbons (Fsp3) is 0.600. The number of hydrogen-bond acceptors (Lipinski definition) is 5. The van der Waals surface area contributed by atoms with Gasteiger partial charge in [-0.1, -0.05) is 13.8 Å². The highest BCUT2D eigenvalue weighted by Crippen LogP contribution is 2.52. The third-order valence-corrected chi connectivity index (χ3v) is 8.09. The Balaban J connectivity index is 1.65. The molecule has 1 saturated heterocycles. The normalized spacial score (nSPS) is 23.9. The lowest BCUT2D eigenvalue weighted by Crippen LogP contribution is -2.51. The Morgan fingerprint density at radius 2 is 1.83 bits per heavy atom. The number of amides is 1. The molecule has 2 aliphatic rings. The Kier molecular flexibility index (Phi) is 4.21. The molecule has 9 heteroatoms. The highest BCUT2D eigenvalue weighted by atomic mass is 32.2. The van der Waals surface area contributed by atoms with E-state index in [1.165, 1.54) is 15.8 Å². The number of carboxylic acid groups (broad SMARTS) is 1. The molecule has 1 saturated carbocycles. The average molecular weight is 372 g/mol. The van der Waals surface area contributed by atoms with E-state index in [0.717, 1.165) is 17.8 Å².